The maximum atomic E-state index is 11.9. The van der Waals surface area contributed by atoms with Crippen molar-refractivity contribution in [3.05, 3.63) is 59.7 Å². The molecule has 4 rings (SSSR count). The number of ether oxygens (including phenoxy) is 1. The summed E-state index contributed by atoms with van der Waals surface area (Å²) in [5.41, 5.74) is 3.59. The molecule has 118 valence electrons. The molecule has 0 aliphatic carbocycles. The number of hydrogen-bond donors (Lipinski definition) is 1. The first kappa shape index (κ1) is 14.1. The minimum Gasteiger partial charge on any atom is -0.497 e. The van der Waals surface area contributed by atoms with Gasteiger partial charge in [0.15, 0.2) is 0 Å². The van der Waals surface area contributed by atoms with Crippen LogP contribution in [-0.4, -0.2) is 24.5 Å². The molecule has 1 N–H and O–H groups in total. The molecule has 4 heteroatoms. The van der Waals surface area contributed by atoms with Gasteiger partial charge in [-0.2, -0.15) is 0 Å². The molecule has 1 fully saturated rings. The Balaban J connectivity index is 1.72. The van der Waals surface area contributed by atoms with Gasteiger partial charge in [0, 0.05) is 25.1 Å². The summed E-state index contributed by atoms with van der Waals surface area (Å²) in [6.45, 7) is 2.46. The smallest absolute Gasteiger partial charge is 0.219 e. The van der Waals surface area contributed by atoms with E-state index in [4.69, 9.17) is 4.74 Å². The molecular weight excluding hydrogens is 288 g/mol. The van der Waals surface area contributed by atoms with Crippen molar-refractivity contribution in [1.82, 2.24) is 4.90 Å². The lowest BCUT2D eigenvalue weighted by atomic mass is 9.73. The van der Waals surface area contributed by atoms with Crippen LogP contribution in [0.1, 0.15) is 30.1 Å². The van der Waals surface area contributed by atoms with Crippen molar-refractivity contribution in [2.24, 2.45) is 5.92 Å². The van der Waals surface area contributed by atoms with Crippen LogP contribution in [-0.2, 0) is 4.79 Å². The molecule has 2 heterocycles. The molecule has 23 heavy (non-hydrogen) atoms. The van der Waals surface area contributed by atoms with Crippen molar-refractivity contribution in [3.63, 3.8) is 0 Å². The number of fused-ring (bicyclic) bond motifs is 3. The zero-order valence-electron chi connectivity index (χ0n) is 13.3. The minimum absolute atomic E-state index is 0.149. The third kappa shape index (κ3) is 2.17. The summed E-state index contributed by atoms with van der Waals surface area (Å²) < 4.78 is 5.25. The molecule has 1 saturated heterocycles. The maximum absolute atomic E-state index is 11.9. The Morgan fingerprint density at radius 3 is 2.61 bits per heavy atom. The first-order valence-electron chi connectivity index (χ1n) is 7.95. The van der Waals surface area contributed by atoms with Crippen LogP contribution in [0.25, 0.3) is 0 Å². The lowest BCUT2D eigenvalue weighted by Gasteiger charge is -2.54. The minimum atomic E-state index is 0.149. The van der Waals surface area contributed by atoms with Gasteiger partial charge >= 0.3 is 0 Å². The number of anilines is 1. The quantitative estimate of drug-likeness (QED) is 0.924. The highest BCUT2D eigenvalue weighted by Crippen LogP contribution is 2.52. The Kier molecular flexibility index (Phi) is 3.26. The molecule has 4 nitrogen and oxygen atoms in total. The number of amides is 1. The molecule has 0 saturated carbocycles. The summed E-state index contributed by atoms with van der Waals surface area (Å²) in [4.78, 5) is 13.9. The fourth-order valence-electron chi connectivity index (χ4n) is 3.85. The zero-order valence-corrected chi connectivity index (χ0v) is 13.3. The van der Waals surface area contributed by atoms with E-state index < -0.39 is 0 Å². The van der Waals surface area contributed by atoms with Crippen molar-refractivity contribution in [2.45, 2.75) is 19.0 Å². The normalized spacial score (nSPS) is 24.8. The van der Waals surface area contributed by atoms with E-state index in [2.05, 4.69) is 29.6 Å². The average Bonchev–Trinajstić information content (AvgIpc) is 2.54. The largest absolute Gasteiger partial charge is 0.497 e. The van der Waals surface area contributed by atoms with Gasteiger partial charge < -0.3 is 15.0 Å². The van der Waals surface area contributed by atoms with E-state index in [1.54, 1.807) is 14.0 Å². The number of carbonyl (C=O) groups excluding carboxylic acids is 1. The van der Waals surface area contributed by atoms with Gasteiger partial charge in [-0.25, -0.2) is 0 Å². The Labute approximate surface area is 136 Å². The van der Waals surface area contributed by atoms with E-state index >= 15 is 0 Å². The third-order valence-corrected chi connectivity index (χ3v) is 5.05. The van der Waals surface area contributed by atoms with Gasteiger partial charge in [0.25, 0.3) is 0 Å². The highest BCUT2D eigenvalue weighted by Gasteiger charge is 2.49. The molecule has 0 aromatic heterocycles. The number of methoxy groups -OCH3 is 1. The lowest BCUT2D eigenvalue weighted by molar-refractivity contribution is -0.143. The van der Waals surface area contributed by atoms with Crippen LogP contribution in [0.4, 0.5) is 5.69 Å². The summed E-state index contributed by atoms with van der Waals surface area (Å²) in [5.74, 6) is 1.42. The Morgan fingerprint density at radius 2 is 1.91 bits per heavy atom. The van der Waals surface area contributed by atoms with E-state index in [0.29, 0.717) is 5.92 Å². The molecule has 0 radical (unpaired) electrons. The predicted molar refractivity (Wildman–Crippen MR) is 89.4 cm³/mol. The summed E-state index contributed by atoms with van der Waals surface area (Å²) in [7, 11) is 1.68. The van der Waals surface area contributed by atoms with Gasteiger partial charge in [-0.15, -0.1) is 0 Å². The van der Waals surface area contributed by atoms with Gasteiger partial charge in [-0.05, 0) is 29.3 Å². The Morgan fingerprint density at radius 1 is 1.17 bits per heavy atom. The second-order valence-corrected chi connectivity index (χ2v) is 6.26. The Hall–Kier alpha value is -2.49. The van der Waals surface area contributed by atoms with E-state index in [-0.39, 0.29) is 18.0 Å². The molecule has 0 bridgehead atoms. The number of hydrogen-bond acceptors (Lipinski definition) is 3. The monoisotopic (exact) mass is 308 g/mol. The summed E-state index contributed by atoms with van der Waals surface area (Å²) in [6.07, 6.45) is 0. The highest BCUT2D eigenvalue weighted by atomic mass is 16.5. The third-order valence-electron chi connectivity index (χ3n) is 5.05. The average molecular weight is 308 g/mol. The van der Waals surface area contributed by atoms with Crippen LogP contribution >= 0.6 is 0 Å². The summed E-state index contributed by atoms with van der Waals surface area (Å²) in [6, 6.07) is 16.9. The fourth-order valence-corrected chi connectivity index (χ4v) is 3.85. The molecule has 2 aliphatic rings. The van der Waals surface area contributed by atoms with Crippen molar-refractivity contribution in [3.8, 4) is 5.75 Å². The van der Waals surface area contributed by atoms with Crippen LogP contribution in [0.15, 0.2) is 48.5 Å². The number of rotatable bonds is 2. The topological polar surface area (TPSA) is 41.6 Å². The molecule has 2 aromatic carbocycles. The lowest BCUT2D eigenvalue weighted by Crippen LogP contribution is -2.57. The first-order chi connectivity index (χ1) is 11.2. The first-order valence-corrected chi connectivity index (χ1v) is 7.95. The van der Waals surface area contributed by atoms with Crippen LogP contribution in [0, 0.1) is 5.92 Å². The van der Waals surface area contributed by atoms with Gasteiger partial charge in [0.2, 0.25) is 5.91 Å². The van der Waals surface area contributed by atoms with Crippen LogP contribution in [0.2, 0.25) is 0 Å². The molecular formula is C19H20N2O2. The van der Waals surface area contributed by atoms with Gasteiger partial charge in [-0.1, -0.05) is 30.3 Å². The van der Waals surface area contributed by atoms with E-state index in [0.717, 1.165) is 18.0 Å². The number of carbonyl (C=O) groups is 1. The fraction of sp³-hybridized carbons (Fsp3) is 0.316. The van der Waals surface area contributed by atoms with Crippen molar-refractivity contribution < 1.29 is 9.53 Å². The van der Waals surface area contributed by atoms with E-state index in [1.807, 2.05) is 29.2 Å². The van der Waals surface area contributed by atoms with Crippen molar-refractivity contribution >= 4 is 11.6 Å². The van der Waals surface area contributed by atoms with Gasteiger partial charge in [0.05, 0.1) is 19.2 Å². The standard InChI is InChI=1S/C19H20N2O2/c1-12(22)21-11-16-18(13-7-9-14(23-2)10-8-13)20-17-6-4-3-5-15(17)19(16)21/h3-10,16,18-20H,11H2,1-2H3/t16-,18+,19+/m0/s1. The SMILES string of the molecule is COc1ccc([C@H]2Nc3ccccc3[C@@H]3[C@H]2CN3C(C)=O)cc1. The zero-order chi connectivity index (χ0) is 16.0. The van der Waals surface area contributed by atoms with Crippen LogP contribution in [0.5, 0.6) is 5.75 Å². The van der Waals surface area contributed by atoms with Crippen LogP contribution < -0.4 is 10.1 Å². The number of para-hydroxylation sites is 1. The molecule has 0 unspecified atom stereocenters. The summed E-state index contributed by atoms with van der Waals surface area (Å²) >= 11 is 0. The second-order valence-electron chi connectivity index (χ2n) is 6.26. The highest BCUT2D eigenvalue weighted by molar-refractivity contribution is 5.76. The molecule has 2 aromatic rings. The van der Waals surface area contributed by atoms with Crippen molar-refractivity contribution in [1.29, 1.82) is 0 Å². The predicted octanol–water partition coefficient (Wildman–Crippen LogP) is 3.38. The second kappa shape index (κ2) is 5.30. The maximum Gasteiger partial charge on any atom is 0.219 e. The van der Waals surface area contributed by atoms with Crippen molar-refractivity contribution in [2.75, 3.05) is 19.0 Å². The molecule has 0 spiro atoms. The summed E-state index contributed by atoms with van der Waals surface area (Å²) in [5, 5.41) is 3.66. The van der Waals surface area contributed by atoms with Gasteiger partial charge in [0.1, 0.15) is 5.75 Å². The van der Waals surface area contributed by atoms with Gasteiger partial charge in [-0.3, -0.25) is 4.79 Å². The Bertz CT molecular complexity index is 741. The van der Waals surface area contributed by atoms with E-state index in [9.17, 15) is 4.79 Å². The van der Waals surface area contributed by atoms with E-state index in [1.165, 1.54) is 11.1 Å². The number of nitrogens with one attached hydrogen (secondary N) is 1. The molecule has 3 atom stereocenters. The number of benzene rings is 2. The molecule has 2 aliphatic heterocycles. The molecule has 1 amide bonds. The number of likely N-dealkylation sites (tertiary alicyclic amines) is 1. The number of nitrogens with zero attached hydrogens (tertiary/aromatic N) is 1. The van der Waals surface area contributed by atoms with Crippen LogP contribution in [0.3, 0.4) is 0 Å².